The van der Waals surface area contributed by atoms with E-state index in [0.717, 1.165) is 41.4 Å². The molecule has 2 aromatic carbocycles. The Labute approximate surface area is 146 Å². The fourth-order valence-corrected chi connectivity index (χ4v) is 4.19. The van der Waals surface area contributed by atoms with Gasteiger partial charge in [0.1, 0.15) is 0 Å². The predicted octanol–water partition coefficient (Wildman–Crippen LogP) is 3.64. The first kappa shape index (κ1) is 14.6. The summed E-state index contributed by atoms with van der Waals surface area (Å²) in [6.45, 7) is 0.301. The summed E-state index contributed by atoms with van der Waals surface area (Å²) in [6.07, 6.45) is 4.02. The Morgan fingerprint density at radius 1 is 0.960 bits per heavy atom. The second kappa shape index (κ2) is 5.41. The predicted molar refractivity (Wildman–Crippen MR) is 93.5 cm³/mol. The first-order valence-electron chi connectivity index (χ1n) is 8.50. The standard InChI is InChI=1S/C20H19NO4/c1-22-16-6-12-9-21-20-13(14(12)7-17(16)23-2)4-3-11-5-18-19(8-15(11)20)25-10-24-18/h5-9,13,20H,3-4,10H2,1-2H3/t13-,20+/m0/s1. The van der Waals surface area contributed by atoms with Gasteiger partial charge in [0.25, 0.3) is 0 Å². The average molecular weight is 337 g/mol. The lowest BCUT2D eigenvalue weighted by molar-refractivity contribution is 0.174. The van der Waals surface area contributed by atoms with E-state index in [-0.39, 0.29) is 6.04 Å². The van der Waals surface area contributed by atoms with Gasteiger partial charge in [-0.05, 0) is 59.4 Å². The van der Waals surface area contributed by atoms with Crippen molar-refractivity contribution in [2.45, 2.75) is 24.8 Å². The van der Waals surface area contributed by atoms with E-state index in [0.29, 0.717) is 12.7 Å². The highest BCUT2D eigenvalue weighted by Gasteiger charge is 2.36. The van der Waals surface area contributed by atoms with Gasteiger partial charge in [-0.25, -0.2) is 0 Å². The molecule has 0 aromatic heterocycles. The third-order valence-corrected chi connectivity index (χ3v) is 5.42. The molecule has 5 heteroatoms. The van der Waals surface area contributed by atoms with Crippen LogP contribution in [0.15, 0.2) is 29.3 Å². The van der Waals surface area contributed by atoms with Crippen molar-refractivity contribution >= 4 is 6.21 Å². The molecule has 0 unspecified atom stereocenters. The SMILES string of the molecule is COc1cc2c(cc1OC)[C@@H]1CCc3cc4c(cc3[C@@H]1N=C2)OCO4. The number of fused-ring (bicyclic) bond motifs is 6. The largest absolute Gasteiger partial charge is 0.493 e. The number of methoxy groups -OCH3 is 2. The summed E-state index contributed by atoms with van der Waals surface area (Å²) < 4.78 is 22.0. The van der Waals surface area contributed by atoms with E-state index >= 15 is 0 Å². The van der Waals surface area contributed by atoms with Crippen molar-refractivity contribution in [1.82, 2.24) is 0 Å². The van der Waals surface area contributed by atoms with Crippen LogP contribution in [0.5, 0.6) is 23.0 Å². The lowest BCUT2D eigenvalue weighted by Crippen LogP contribution is -2.22. The maximum Gasteiger partial charge on any atom is 0.231 e. The summed E-state index contributed by atoms with van der Waals surface area (Å²) in [4.78, 5) is 4.87. The van der Waals surface area contributed by atoms with E-state index in [1.54, 1.807) is 14.2 Å². The average Bonchev–Trinajstić information content (AvgIpc) is 3.11. The number of nitrogens with zero attached hydrogens (tertiary/aromatic N) is 1. The van der Waals surface area contributed by atoms with Crippen LogP contribution in [0.3, 0.4) is 0 Å². The van der Waals surface area contributed by atoms with Crippen LogP contribution >= 0.6 is 0 Å². The summed E-state index contributed by atoms with van der Waals surface area (Å²) in [5.74, 6) is 3.53. The van der Waals surface area contributed by atoms with E-state index in [1.165, 1.54) is 16.7 Å². The molecular formula is C20H19NO4. The Kier molecular flexibility index (Phi) is 3.17. The van der Waals surface area contributed by atoms with Gasteiger partial charge < -0.3 is 18.9 Å². The van der Waals surface area contributed by atoms with Gasteiger partial charge in [0, 0.05) is 12.1 Å². The Bertz CT molecular complexity index is 890. The third-order valence-electron chi connectivity index (χ3n) is 5.42. The first-order valence-corrected chi connectivity index (χ1v) is 8.50. The lowest BCUT2D eigenvalue weighted by Gasteiger charge is -2.35. The molecule has 0 bridgehead atoms. The van der Waals surface area contributed by atoms with Crippen LogP contribution in [0.4, 0.5) is 0 Å². The van der Waals surface area contributed by atoms with Gasteiger partial charge in [0.05, 0.1) is 20.3 Å². The minimum Gasteiger partial charge on any atom is -0.493 e. The van der Waals surface area contributed by atoms with Gasteiger partial charge in [-0.3, -0.25) is 4.99 Å². The Hall–Kier alpha value is -2.69. The number of ether oxygens (including phenoxy) is 4. The van der Waals surface area contributed by atoms with Gasteiger partial charge in [0.2, 0.25) is 6.79 Å². The first-order chi connectivity index (χ1) is 12.3. The summed E-state index contributed by atoms with van der Waals surface area (Å²) in [7, 11) is 3.34. The summed E-state index contributed by atoms with van der Waals surface area (Å²) in [6, 6.07) is 8.47. The number of hydrogen-bond acceptors (Lipinski definition) is 5. The van der Waals surface area contributed by atoms with Gasteiger partial charge >= 0.3 is 0 Å². The van der Waals surface area contributed by atoms with E-state index in [1.807, 2.05) is 12.3 Å². The molecule has 0 fully saturated rings. The van der Waals surface area contributed by atoms with Gasteiger partial charge in [0.15, 0.2) is 23.0 Å². The summed E-state index contributed by atoms with van der Waals surface area (Å²) in [5.41, 5.74) is 4.95. The van der Waals surface area contributed by atoms with Crippen molar-refractivity contribution in [3.8, 4) is 23.0 Å². The Morgan fingerprint density at radius 3 is 2.52 bits per heavy atom. The summed E-state index contributed by atoms with van der Waals surface area (Å²) >= 11 is 0. The van der Waals surface area contributed by atoms with Crippen LogP contribution in [-0.4, -0.2) is 27.2 Å². The molecule has 0 saturated carbocycles. The lowest BCUT2D eigenvalue weighted by atomic mass is 9.74. The molecule has 3 aliphatic rings. The van der Waals surface area contributed by atoms with Crippen molar-refractivity contribution < 1.29 is 18.9 Å². The number of aliphatic imine (C=N–C) groups is 1. The molecule has 0 N–H and O–H groups in total. The Morgan fingerprint density at radius 2 is 1.72 bits per heavy atom. The molecule has 0 spiro atoms. The smallest absolute Gasteiger partial charge is 0.231 e. The topological polar surface area (TPSA) is 49.3 Å². The highest BCUT2D eigenvalue weighted by atomic mass is 16.7. The highest BCUT2D eigenvalue weighted by molar-refractivity contribution is 5.85. The minimum atomic E-state index is 0.115. The second-order valence-corrected chi connectivity index (χ2v) is 6.61. The third kappa shape index (κ3) is 2.11. The van der Waals surface area contributed by atoms with E-state index < -0.39 is 0 Å². The molecule has 0 saturated heterocycles. The summed E-state index contributed by atoms with van der Waals surface area (Å²) in [5, 5.41) is 0. The van der Waals surface area contributed by atoms with E-state index in [4.69, 9.17) is 23.9 Å². The molecule has 2 aliphatic heterocycles. The molecule has 5 nitrogen and oxygen atoms in total. The van der Waals surface area contributed by atoms with Gasteiger partial charge in [-0.15, -0.1) is 0 Å². The maximum absolute atomic E-state index is 5.57. The van der Waals surface area contributed by atoms with Crippen molar-refractivity contribution in [3.63, 3.8) is 0 Å². The Balaban J connectivity index is 1.61. The normalized spacial score (nSPS) is 22.0. The van der Waals surface area contributed by atoms with Crippen LogP contribution in [0, 0.1) is 0 Å². The van der Waals surface area contributed by atoms with E-state index in [2.05, 4.69) is 18.2 Å². The molecule has 25 heavy (non-hydrogen) atoms. The van der Waals surface area contributed by atoms with Crippen LogP contribution < -0.4 is 18.9 Å². The zero-order chi connectivity index (χ0) is 17.0. The molecule has 2 atom stereocenters. The number of aryl methyl sites for hydroxylation is 1. The highest BCUT2D eigenvalue weighted by Crippen LogP contribution is 2.50. The van der Waals surface area contributed by atoms with Crippen molar-refractivity contribution in [2.75, 3.05) is 21.0 Å². The molecular weight excluding hydrogens is 318 g/mol. The number of benzene rings is 2. The monoisotopic (exact) mass is 337 g/mol. The van der Waals surface area contributed by atoms with Crippen LogP contribution in [0.1, 0.15) is 40.6 Å². The van der Waals surface area contributed by atoms with Crippen molar-refractivity contribution in [3.05, 3.63) is 46.5 Å². The van der Waals surface area contributed by atoms with Gasteiger partial charge in [-0.2, -0.15) is 0 Å². The molecule has 0 amide bonds. The molecule has 2 aromatic rings. The maximum atomic E-state index is 5.57. The van der Waals surface area contributed by atoms with E-state index in [9.17, 15) is 0 Å². The van der Waals surface area contributed by atoms with Crippen LogP contribution in [0.25, 0.3) is 0 Å². The zero-order valence-electron chi connectivity index (χ0n) is 14.2. The van der Waals surface area contributed by atoms with Crippen molar-refractivity contribution in [2.24, 2.45) is 4.99 Å². The molecule has 2 heterocycles. The number of hydrogen-bond donors (Lipinski definition) is 0. The van der Waals surface area contributed by atoms with Crippen LogP contribution in [0.2, 0.25) is 0 Å². The fourth-order valence-electron chi connectivity index (χ4n) is 4.19. The fraction of sp³-hybridized carbons (Fsp3) is 0.350. The number of rotatable bonds is 2. The quantitative estimate of drug-likeness (QED) is 0.839. The van der Waals surface area contributed by atoms with Gasteiger partial charge in [-0.1, -0.05) is 0 Å². The molecule has 0 radical (unpaired) electrons. The molecule has 1 aliphatic carbocycles. The zero-order valence-corrected chi connectivity index (χ0v) is 14.2. The van der Waals surface area contributed by atoms with Crippen molar-refractivity contribution in [1.29, 1.82) is 0 Å². The van der Waals surface area contributed by atoms with Crippen LogP contribution in [-0.2, 0) is 6.42 Å². The second-order valence-electron chi connectivity index (χ2n) is 6.61. The minimum absolute atomic E-state index is 0.115. The molecule has 128 valence electrons. The molecule has 5 rings (SSSR count).